The number of carbonyl (C=O) groups excluding carboxylic acids is 1. The summed E-state index contributed by atoms with van der Waals surface area (Å²) in [6.45, 7) is 12.4. The molecular weight excluding hydrogens is 420 g/mol. The number of thioether (sulfide) groups is 1. The second-order valence-corrected chi connectivity index (χ2v) is 10.1. The highest BCUT2D eigenvalue weighted by atomic mass is 32.2. The molecule has 0 amide bonds. The van der Waals surface area contributed by atoms with Gasteiger partial charge in [-0.25, -0.2) is 0 Å². The molecule has 0 N–H and O–H groups in total. The van der Waals surface area contributed by atoms with Crippen LogP contribution in [0.15, 0.2) is 71.1 Å². The Hall–Kier alpha value is -3.19. The summed E-state index contributed by atoms with van der Waals surface area (Å²) >= 11 is 1.34. The molecule has 0 fully saturated rings. The van der Waals surface area contributed by atoms with Gasteiger partial charge in [0.2, 0.25) is 5.78 Å². The predicted octanol–water partition coefficient (Wildman–Crippen LogP) is 4.89. The molecule has 7 heteroatoms. The zero-order valence-electron chi connectivity index (χ0n) is 18.7. The number of allylic oxidation sites excluding steroid dienone is 1. The number of hydrogen-bond donors (Lipinski definition) is 0. The van der Waals surface area contributed by atoms with Gasteiger partial charge in [0, 0.05) is 12.1 Å². The van der Waals surface area contributed by atoms with Crippen LogP contribution in [0.5, 0.6) is 0 Å². The Labute approximate surface area is 191 Å². The van der Waals surface area contributed by atoms with Gasteiger partial charge in [-0.05, 0) is 30.0 Å². The van der Waals surface area contributed by atoms with Gasteiger partial charge in [-0.1, -0.05) is 75.0 Å². The minimum atomic E-state index is -0.374. The van der Waals surface area contributed by atoms with Gasteiger partial charge in [-0.15, -0.1) is 16.8 Å². The second-order valence-electron chi connectivity index (χ2n) is 8.79. The smallest absolute Gasteiger partial charge is 0.263 e. The van der Waals surface area contributed by atoms with Crippen LogP contribution < -0.4 is 5.56 Å². The van der Waals surface area contributed by atoms with Gasteiger partial charge in [0.05, 0.1) is 16.2 Å². The average Bonchev–Trinajstić information content (AvgIpc) is 3.19. The molecule has 0 aliphatic carbocycles. The van der Waals surface area contributed by atoms with E-state index >= 15 is 0 Å². The quantitative estimate of drug-likeness (QED) is 0.240. The number of hydrogen-bond acceptors (Lipinski definition) is 5. The molecule has 0 aliphatic rings. The van der Waals surface area contributed by atoms with Crippen LogP contribution in [0.2, 0.25) is 0 Å². The Balaban J connectivity index is 1.72. The number of fused-ring (bicyclic) bond motifs is 3. The van der Waals surface area contributed by atoms with Gasteiger partial charge in [0.15, 0.2) is 10.9 Å². The lowest BCUT2D eigenvalue weighted by atomic mass is 9.86. The summed E-state index contributed by atoms with van der Waals surface area (Å²) in [5.41, 5.74) is 2.46. The number of nitrogens with zero attached hydrogens (tertiary/aromatic N) is 4. The largest absolute Gasteiger partial charge is 0.293 e. The average molecular weight is 447 g/mol. The van der Waals surface area contributed by atoms with Crippen molar-refractivity contribution in [2.24, 2.45) is 0 Å². The Bertz CT molecular complexity index is 1380. The molecule has 0 spiro atoms. The van der Waals surface area contributed by atoms with Crippen LogP contribution in [-0.2, 0) is 12.0 Å². The molecule has 6 nitrogen and oxygen atoms in total. The molecule has 1 atom stereocenters. The molecule has 0 aliphatic heterocycles. The van der Waals surface area contributed by atoms with E-state index in [2.05, 4.69) is 37.5 Å². The number of ketones is 1. The molecule has 32 heavy (non-hydrogen) atoms. The number of aromatic nitrogens is 4. The van der Waals surface area contributed by atoms with E-state index in [-0.39, 0.29) is 22.0 Å². The van der Waals surface area contributed by atoms with E-state index in [0.29, 0.717) is 28.4 Å². The van der Waals surface area contributed by atoms with Crippen molar-refractivity contribution >= 4 is 34.2 Å². The molecule has 2 heterocycles. The second kappa shape index (κ2) is 8.39. The highest BCUT2D eigenvalue weighted by molar-refractivity contribution is 8.00. The standard InChI is InChI=1S/C25H26N4O2S/c1-6-15-28-22(31)19-9-7-8-10-20(19)29-23(28)26-27-24(29)32-16(2)21(30)17-11-13-18(14-12-17)25(3,4)5/h6-14,16H,1,15H2,2-5H3. The van der Waals surface area contributed by atoms with Gasteiger partial charge in [0.1, 0.15) is 0 Å². The first kappa shape index (κ1) is 22.0. The normalized spacial score (nSPS) is 12.9. The van der Waals surface area contributed by atoms with Crippen molar-refractivity contribution < 1.29 is 4.79 Å². The first-order valence-electron chi connectivity index (χ1n) is 10.5. The van der Waals surface area contributed by atoms with E-state index in [1.165, 1.54) is 17.3 Å². The molecule has 4 rings (SSSR count). The Morgan fingerprint density at radius 1 is 1.12 bits per heavy atom. The molecule has 1 unspecified atom stereocenters. The molecule has 0 bridgehead atoms. The molecule has 0 saturated heterocycles. The maximum absolute atomic E-state index is 13.1. The zero-order chi connectivity index (χ0) is 23.0. The van der Waals surface area contributed by atoms with Crippen LogP contribution >= 0.6 is 11.8 Å². The van der Waals surface area contributed by atoms with E-state index in [4.69, 9.17) is 0 Å². The van der Waals surface area contributed by atoms with Crippen molar-refractivity contribution in [1.82, 2.24) is 19.2 Å². The lowest BCUT2D eigenvalue weighted by Gasteiger charge is -2.19. The van der Waals surface area contributed by atoms with Crippen LogP contribution in [0, 0.1) is 0 Å². The minimum Gasteiger partial charge on any atom is -0.293 e. The molecule has 4 aromatic rings. The van der Waals surface area contributed by atoms with Gasteiger partial charge >= 0.3 is 0 Å². The van der Waals surface area contributed by atoms with Crippen LogP contribution in [0.1, 0.15) is 43.6 Å². The summed E-state index contributed by atoms with van der Waals surface area (Å²) in [6, 6.07) is 15.2. The fourth-order valence-electron chi connectivity index (χ4n) is 3.68. The minimum absolute atomic E-state index is 0.0240. The number of rotatable bonds is 6. The Morgan fingerprint density at radius 3 is 2.47 bits per heavy atom. The van der Waals surface area contributed by atoms with Gasteiger partial charge in [0.25, 0.3) is 5.56 Å². The van der Waals surface area contributed by atoms with Crippen LogP contribution in [0.3, 0.4) is 0 Å². The van der Waals surface area contributed by atoms with Crippen molar-refractivity contribution in [2.75, 3.05) is 0 Å². The summed E-state index contributed by atoms with van der Waals surface area (Å²) in [7, 11) is 0. The molecular formula is C25H26N4O2S. The van der Waals surface area contributed by atoms with Crippen molar-refractivity contribution in [3.05, 3.63) is 82.7 Å². The maximum Gasteiger partial charge on any atom is 0.263 e. The first-order valence-corrected chi connectivity index (χ1v) is 11.4. The lowest BCUT2D eigenvalue weighted by Crippen LogP contribution is -2.23. The van der Waals surface area contributed by atoms with Gasteiger partial charge in [-0.2, -0.15) is 0 Å². The fraction of sp³-hybridized carbons (Fsp3) is 0.280. The van der Waals surface area contributed by atoms with Crippen LogP contribution in [0.4, 0.5) is 0 Å². The highest BCUT2D eigenvalue weighted by Gasteiger charge is 2.23. The van der Waals surface area contributed by atoms with Crippen molar-refractivity contribution in [3.8, 4) is 0 Å². The Morgan fingerprint density at radius 2 is 1.81 bits per heavy atom. The summed E-state index contributed by atoms with van der Waals surface area (Å²) < 4.78 is 3.39. The van der Waals surface area contributed by atoms with E-state index in [9.17, 15) is 9.59 Å². The van der Waals surface area contributed by atoms with E-state index in [1.54, 1.807) is 16.7 Å². The summed E-state index contributed by atoms with van der Waals surface area (Å²) in [5, 5.41) is 9.36. The van der Waals surface area contributed by atoms with Gasteiger partial charge < -0.3 is 0 Å². The van der Waals surface area contributed by atoms with E-state index in [0.717, 1.165) is 5.52 Å². The van der Waals surface area contributed by atoms with Crippen molar-refractivity contribution in [3.63, 3.8) is 0 Å². The topological polar surface area (TPSA) is 69.3 Å². The van der Waals surface area contributed by atoms with Crippen LogP contribution in [-0.4, -0.2) is 30.2 Å². The maximum atomic E-state index is 13.1. The molecule has 2 aromatic carbocycles. The van der Waals surface area contributed by atoms with E-state index in [1.807, 2.05) is 53.8 Å². The SMILES string of the molecule is C=CCn1c(=O)c2ccccc2n2c(SC(C)C(=O)c3ccc(C(C)(C)C)cc3)nnc12. The first-order chi connectivity index (χ1) is 15.2. The molecule has 0 saturated carbocycles. The molecule has 2 aromatic heterocycles. The third-order valence-corrected chi connectivity index (χ3v) is 6.52. The van der Waals surface area contributed by atoms with Crippen molar-refractivity contribution in [1.29, 1.82) is 0 Å². The summed E-state index contributed by atoms with van der Waals surface area (Å²) in [6.07, 6.45) is 1.66. The summed E-state index contributed by atoms with van der Waals surface area (Å²) in [4.78, 5) is 26.0. The number of carbonyl (C=O) groups is 1. The third-order valence-electron chi connectivity index (χ3n) is 5.48. The zero-order valence-corrected chi connectivity index (χ0v) is 19.5. The number of para-hydroxylation sites is 1. The monoisotopic (exact) mass is 446 g/mol. The van der Waals surface area contributed by atoms with Crippen LogP contribution in [0.25, 0.3) is 16.7 Å². The Kier molecular flexibility index (Phi) is 5.77. The van der Waals surface area contributed by atoms with Crippen molar-refractivity contribution in [2.45, 2.75) is 50.1 Å². The van der Waals surface area contributed by atoms with Gasteiger partial charge in [-0.3, -0.25) is 18.6 Å². The molecule has 164 valence electrons. The predicted molar refractivity (Wildman–Crippen MR) is 130 cm³/mol. The summed E-state index contributed by atoms with van der Waals surface area (Å²) in [5.74, 6) is 0.459. The number of Topliss-reactive ketones (excluding diaryl/α,β-unsaturated/α-hetero) is 1. The highest BCUT2D eigenvalue weighted by Crippen LogP contribution is 2.28. The third kappa shape index (κ3) is 3.88. The van der Waals surface area contributed by atoms with E-state index < -0.39 is 0 Å². The lowest BCUT2D eigenvalue weighted by molar-refractivity contribution is 0.0994. The number of benzene rings is 2. The fourth-order valence-corrected chi connectivity index (χ4v) is 4.62. The molecule has 0 radical (unpaired) electrons.